The molecule has 4 heteroatoms. The van der Waals surface area contributed by atoms with Gasteiger partial charge in [0.15, 0.2) is 11.6 Å². The molecule has 1 aliphatic heterocycles. The Balaban J connectivity index is 1.84. The normalized spacial score (nSPS) is 30.4. The van der Waals surface area contributed by atoms with Crippen LogP contribution in [0.5, 0.6) is 5.75 Å². The molecule has 2 fully saturated rings. The fourth-order valence-corrected chi connectivity index (χ4v) is 3.49. The summed E-state index contributed by atoms with van der Waals surface area (Å²) in [6, 6.07) is 5.87. The first-order chi connectivity index (χ1) is 10.0. The number of hydrogen-bond acceptors (Lipinski definition) is 3. The van der Waals surface area contributed by atoms with Gasteiger partial charge in [0.25, 0.3) is 0 Å². The molecule has 116 valence electrons. The number of nitrogens with one attached hydrogen (secondary N) is 1. The maximum Gasteiger partial charge on any atom is 0.169 e. The van der Waals surface area contributed by atoms with Gasteiger partial charge in [-0.2, -0.15) is 0 Å². The molecule has 1 aliphatic carbocycles. The highest BCUT2D eigenvalue weighted by Crippen LogP contribution is 2.44. The Morgan fingerprint density at radius 1 is 1.43 bits per heavy atom. The second-order valence-corrected chi connectivity index (χ2v) is 6.73. The lowest BCUT2D eigenvalue weighted by Crippen LogP contribution is -2.63. The number of nitrogens with zero attached hydrogens (tertiary/aromatic N) is 1. The second-order valence-electron chi connectivity index (χ2n) is 6.73. The fourth-order valence-electron chi connectivity index (χ4n) is 3.49. The van der Waals surface area contributed by atoms with Crippen molar-refractivity contribution in [3.8, 4) is 5.75 Å². The molecule has 1 heterocycles. The summed E-state index contributed by atoms with van der Waals surface area (Å²) in [5.74, 6) is 0.860. The standard InChI is InChI=1S/C17H25FN2O/c1-12-9-20(17(2,11-19-12)14-7-8-14)10-13-5-4-6-15(21-3)16(13)18/h4-6,12,14,19H,7-11H2,1-3H3. The van der Waals surface area contributed by atoms with Crippen molar-refractivity contribution in [1.82, 2.24) is 10.2 Å². The van der Waals surface area contributed by atoms with Gasteiger partial charge in [0, 0.05) is 36.8 Å². The first-order valence-electron chi connectivity index (χ1n) is 7.84. The van der Waals surface area contributed by atoms with Crippen LogP contribution in [0.25, 0.3) is 0 Å². The van der Waals surface area contributed by atoms with E-state index < -0.39 is 0 Å². The molecule has 0 radical (unpaired) electrons. The number of ether oxygens (including phenoxy) is 1. The molecule has 0 aromatic heterocycles. The minimum atomic E-state index is -0.218. The van der Waals surface area contributed by atoms with Crippen molar-refractivity contribution in [2.24, 2.45) is 5.92 Å². The molecule has 2 unspecified atom stereocenters. The third-order valence-corrected chi connectivity index (χ3v) is 5.11. The van der Waals surface area contributed by atoms with Crippen LogP contribution in [0, 0.1) is 11.7 Å². The Morgan fingerprint density at radius 3 is 2.86 bits per heavy atom. The molecule has 21 heavy (non-hydrogen) atoms. The predicted molar refractivity (Wildman–Crippen MR) is 82.0 cm³/mol. The lowest BCUT2D eigenvalue weighted by Gasteiger charge is -2.48. The molecule has 3 nitrogen and oxygen atoms in total. The summed E-state index contributed by atoms with van der Waals surface area (Å²) in [4.78, 5) is 2.46. The van der Waals surface area contributed by atoms with Crippen molar-refractivity contribution in [3.63, 3.8) is 0 Å². The van der Waals surface area contributed by atoms with Crippen LogP contribution in [-0.4, -0.2) is 36.7 Å². The van der Waals surface area contributed by atoms with Crippen molar-refractivity contribution >= 4 is 0 Å². The Hall–Kier alpha value is -1.13. The van der Waals surface area contributed by atoms with Gasteiger partial charge in [-0.3, -0.25) is 4.90 Å². The van der Waals surface area contributed by atoms with Crippen molar-refractivity contribution < 1.29 is 9.13 Å². The van der Waals surface area contributed by atoms with Crippen LogP contribution in [0.1, 0.15) is 32.3 Å². The molecule has 1 aromatic rings. The maximum absolute atomic E-state index is 14.4. The zero-order valence-electron chi connectivity index (χ0n) is 13.2. The van der Waals surface area contributed by atoms with Crippen LogP contribution in [-0.2, 0) is 6.54 Å². The highest BCUT2D eigenvalue weighted by atomic mass is 19.1. The average molecular weight is 292 g/mol. The zero-order chi connectivity index (χ0) is 15.0. The minimum absolute atomic E-state index is 0.141. The highest BCUT2D eigenvalue weighted by Gasteiger charge is 2.47. The molecule has 0 spiro atoms. The van der Waals surface area contributed by atoms with Crippen molar-refractivity contribution in [1.29, 1.82) is 0 Å². The van der Waals surface area contributed by atoms with Gasteiger partial charge in [-0.05, 0) is 38.7 Å². The quantitative estimate of drug-likeness (QED) is 0.923. The summed E-state index contributed by atoms with van der Waals surface area (Å²) in [7, 11) is 1.52. The van der Waals surface area contributed by atoms with Gasteiger partial charge in [0.1, 0.15) is 0 Å². The van der Waals surface area contributed by atoms with Gasteiger partial charge >= 0.3 is 0 Å². The Bertz CT molecular complexity index is 518. The third kappa shape index (κ3) is 2.79. The summed E-state index contributed by atoms with van der Waals surface area (Å²) < 4.78 is 19.5. The largest absolute Gasteiger partial charge is 0.494 e. The van der Waals surface area contributed by atoms with Crippen LogP contribution in [0.3, 0.4) is 0 Å². The summed E-state index contributed by atoms with van der Waals surface area (Å²) in [6.45, 7) is 7.12. The summed E-state index contributed by atoms with van der Waals surface area (Å²) in [5, 5.41) is 3.59. The third-order valence-electron chi connectivity index (χ3n) is 5.11. The number of hydrogen-bond donors (Lipinski definition) is 1. The van der Waals surface area contributed by atoms with E-state index in [2.05, 4.69) is 24.1 Å². The van der Waals surface area contributed by atoms with E-state index in [-0.39, 0.29) is 11.4 Å². The maximum atomic E-state index is 14.4. The lowest BCUT2D eigenvalue weighted by molar-refractivity contribution is 0.0302. The molecule has 1 saturated heterocycles. The molecule has 0 bridgehead atoms. The summed E-state index contributed by atoms with van der Waals surface area (Å²) in [5.41, 5.74) is 0.873. The number of benzene rings is 1. The topological polar surface area (TPSA) is 24.5 Å². The predicted octanol–water partition coefficient (Wildman–Crippen LogP) is 2.80. The van der Waals surface area contributed by atoms with Crippen LogP contribution >= 0.6 is 0 Å². The number of rotatable bonds is 4. The molecule has 1 N–H and O–H groups in total. The molecule has 1 aromatic carbocycles. The van der Waals surface area contributed by atoms with E-state index in [0.29, 0.717) is 18.3 Å². The summed E-state index contributed by atoms with van der Waals surface area (Å²) in [6.07, 6.45) is 2.59. The highest BCUT2D eigenvalue weighted by molar-refractivity contribution is 5.31. The van der Waals surface area contributed by atoms with Crippen molar-refractivity contribution in [3.05, 3.63) is 29.6 Å². The van der Waals surface area contributed by atoms with Crippen LogP contribution < -0.4 is 10.1 Å². The minimum Gasteiger partial charge on any atom is -0.494 e. The Morgan fingerprint density at radius 2 is 2.19 bits per heavy atom. The number of methoxy groups -OCH3 is 1. The Labute approximate surface area is 126 Å². The van der Waals surface area contributed by atoms with Gasteiger partial charge in [-0.15, -0.1) is 0 Å². The monoisotopic (exact) mass is 292 g/mol. The summed E-state index contributed by atoms with van der Waals surface area (Å²) >= 11 is 0. The number of piperazine rings is 1. The molecule has 2 atom stereocenters. The van der Waals surface area contributed by atoms with E-state index in [1.54, 1.807) is 6.07 Å². The van der Waals surface area contributed by atoms with Crippen LogP contribution in [0.4, 0.5) is 4.39 Å². The van der Waals surface area contributed by atoms with E-state index in [1.165, 1.54) is 20.0 Å². The van der Waals surface area contributed by atoms with E-state index in [9.17, 15) is 4.39 Å². The molecule has 0 amide bonds. The van der Waals surface area contributed by atoms with Gasteiger partial charge in [-0.1, -0.05) is 12.1 Å². The second kappa shape index (κ2) is 5.58. The van der Waals surface area contributed by atoms with Gasteiger partial charge in [0.05, 0.1) is 7.11 Å². The molecule has 2 aliphatic rings. The lowest BCUT2D eigenvalue weighted by atomic mass is 9.89. The van der Waals surface area contributed by atoms with Gasteiger partial charge in [-0.25, -0.2) is 4.39 Å². The molecule has 1 saturated carbocycles. The average Bonchev–Trinajstić information content (AvgIpc) is 3.30. The van der Waals surface area contributed by atoms with E-state index in [0.717, 1.165) is 24.6 Å². The van der Waals surface area contributed by atoms with Crippen LogP contribution in [0.15, 0.2) is 18.2 Å². The molecular formula is C17H25FN2O. The molecule has 3 rings (SSSR count). The van der Waals surface area contributed by atoms with E-state index >= 15 is 0 Å². The zero-order valence-corrected chi connectivity index (χ0v) is 13.2. The first kappa shape index (κ1) is 14.8. The van der Waals surface area contributed by atoms with Crippen molar-refractivity contribution in [2.75, 3.05) is 20.2 Å². The van der Waals surface area contributed by atoms with Crippen LogP contribution in [0.2, 0.25) is 0 Å². The van der Waals surface area contributed by atoms with E-state index in [4.69, 9.17) is 4.74 Å². The molecular weight excluding hydrogens is 267 g/mol. The Kier molecular flexibility index (Phi) is 3.93. The fraction of sp³-hybridized carbons (Fsp3) is 0.647. The van der Waals surface area contributed by atoms with E-state index in [1.807, 2.05) is 12.1 Å². The SMILES string of the molecule is COc1cccc(CN2CC(C)NCC2(C)C2CC2)c1F. The smallest absolute Gasteiger partial charge is 0.169 e. The number of halogens is 1. The van der Waals surface area contributed by atoms with Crippen molar-refractivity contribution in [2.45, 2.75) is 44.8 Å². The van der Waals surface area contributed by atoms with Gasteiger partial charge < -0.3 is 10.1 Å². The first-order valence-corrected chi connectivity index (χ1v) is 7.84. The van der Waals surface area contributed by atoms with Gasteiger partial charge in [0.2, 0.25) is 0 Å².